The van der Waals surface area contributed by atoms with Crippen LogP contribution in [0.2, 0.25) is 0 Å². The third-order valence-corrected chi connectivity index (χ3v) is 4.58. The van der Waals surface area contributed by atoms with Gasteiger partial charge in [-0.05, 0) is 49.4 Å². The Morgan fingerprint density at radius 1 is 1.00 bits per heavy atom. The molecule has 3 amide bonds. The van der Waals surface area contributed by atoms with Gasteiger partial charge >= 0.3 is 6.01 Å². The molecular weight excluding hydrogens is 384 g/mol. The van der Waals surface area contributed by atoms with Crippen LogP contribution in [-0.2, 0) is 4.79 Å². The van der Waals surface area contributed by atoms with Crippen molar-refractivity contribution in [2.24, 2.45) is 0 Å². The van der Waals surface area contributed by atoms with Crippen LogP contribution in [0.25, 0.3) is 0 Å². The van der Waals surface area contributed by atoms with Crippen molar-refractivity contribution in [2.45, 2.75) is 13.3 Å². The van der Waals surface area contributed by atoms with Crippen LogP contribution in [0.1, 0.15) is 32.7 Å². The summed E-state index contributed by atoms with van der Waals surface area (Å²) in [5, 5.41) is 2.74. The Balaban J connectivity index is 1.32. The van der Waals surface area contributed by atoms with Gasteiger partial charge in [0.25, 0.3) is 11.8 Å². The van der Waals surface area contributed by atoms with Crippen LogP contribution >= 0.6 is 0 Å². The van der Waals surface area contributed by atoms with Gasteiger partial charge in [0, 0.05) is 31.0 Å². The van der Waals surface area contributed by atoms with Crippen molar-refractivity contribution < 1.29 is 19.1 Å². The number of carbonyl (C=O) groups is 3. The molecule has 8 nitrogen and oxygen atoms in total. The fourth-order valence-electron chi connectivity index (χ4n) is 3.09. The number of anilines is 1. The van der Waals surface area contributed by atoms with Crippen LogP contribution < -0.4 is 10.1 Å². The highest BCUT2D eigenvalue weighted by Crippen LogP contribution is 2.24. The summed E-state index contributed by atoms with van der Waals surface area (Å²) in [4.78, 5) is 46.2. The second-order valence-corrected chi connectivity index (χ2v) is 6.77. The van der Waals surface area contributed by atoms with Crippen molar-refractivity contribution in [3.8, 4) is 11.8 Å². The van der Waals surface area contributed by atoms with Crippen molar-refractivity contribution in [3.05, 3.63) is 77.6 Å². The number of fused-ring (bicyclic) bond motifs is 1. The molecule has 0 saturated carbocycles. The lowest BCUT2D eigenvalue weighted by Crippen LogP contribution is -2.32. The molecule has 0 unspecified atom stereocenters. The number of aryl methyl sites for hydroxylation is 1. The number of ether oxygens (including phenoxy) is 1. The molecule has 2 aromatic carbocycles. The highest BCUT2D eigenvalue weighted by molar-refractivity contribution is 6.21. The monoisotopic (exact) mass is 402 g/mol. The molecule has 1 N–H and O–H groups in total. The highest BCUT2D eigenvalue weighted by atomic mass is 16.5. The third kappa shape index (κ3) is 4.02. The van der Waals surface area contributed by atoms with Gasteiger partial charge in [-0.3, -0.25) is 19.3 Å². The molecule has 0 saturated heterocycles. The minimum absolute atomic E-state index is 0.000553. The van der Waals surface area contributed by atoms with Gasteiger partial charge in [0.1, 0.15) is 5.75 Å². The largest absolute Gasteiger partial charge is 0.424 e. The van der Waals surface area contributed by atoms with Gasteiger partial charge in [0.2, 0.25) is 5.91 Å². The average molecular weight is 402 g/mol. The number of rotatable bonds is 6. The molecule has 0 bridgehead atoms. The highest BCUT2D eigenvalue weighted by Gasteiger charge is 2.35. The summed E-state index contributed by atoms with van der Waals surface area (Å²) in [6.07, 6.45) is 3.15. The normalized spacial score (nSPS) is 12.6. The number of nitrogens with one attached hydrogen (secondary N) is 1. The first-order valence-electron chi connectivity index (χ1n) is 9.33. The van der Waals surface area contributed by atoms with Gasteiger partial charge in [-0.15, -0.1) is 0 Å². The number of benzene rings is 2. The fraction of sp³-hybridized carbons (Fsp3) is 0.136. The van der Waals surface area contributed by atoms with E-state index in [2.05, 4.69) is 15.3 Å². The van der Waals surface area contributed by atoms with E-state index in [0.717, 1.165) is 10.5 Å². The van der Waals surface area contributed by atoms with Gasteiger partial charge in [-0.2, -0.15) is 0 Å². The first-order valence-corrected chi connectivity index (χ1v) is 9.33. The summed E-state index contributed by atoms with van der Waals surface area (Å²) in [6, 6.07) is 13.8. The number of carbonyl (C=O) groups excluding carboxylic acids is 3. The smallest absolute Gasteiger partial charge is 0.321 e. The van der Waals surface area contributed by atoms with Crippen molar-refractivity contribution >= 4 is 23.4 Å². The van der Waals surface area contributed by atoms with Crippen molar-refractivity contribution in [1.29, 1.82) is 0 Å². The summed E-state index contributed by atoms with van der Waals surface area (Å²) in [7, 11) is 0. The number of amides is 3. The molecule has 8 heteroatoms. The molecule has 30 heavy (non-hydrogen) atoms. The van der Waals surface area contributed by atoms with E-state index in [9.17, 15) is 14.4 Å². The van der Waals surface area contributed by atoms with Gasteiger partial charge < -0.3 is 10.1 Å². The van der Waals surface area contributed by atoms with E-state index in [1.165, 1.54) is 0 Å². The van der Waals surface area contributed by atoms with Crippen molar-refractivity contribution in [3.63, 3.8) is 0 Å². The van der Waals surface area contributed by atoms with Crippen LogP contribution in [0.15, 0.2) is 60.9 Å². The van der Waals surface area contributed by atoms with Crippen LogP contribution in [0.4, 0.5) is 5.69 Å². The SMILES string of the molecule is Cc1ccc2c(c1)C(=O)N(CCC(=O)Nc1ccc(Oc3ncccn3)cc1)C2=O. The lowest BCUT2D eigenvalue weighted by Gasteiger charge is -2.13. The minimum Gasteiger partial charge on any atom is -0.424 e. The van der Waals surface area contributed by atoms with Gasteiger partial charge in [0.15, 0.2) is 0 Å². The van der Waals surface area contributed by atoms with Crippen molar-refractivity contribution in [2.75, 3.05) is 11.9 Å². The second-order valence-electron chi connectivity index (χ2n) is 6.77. The Hall–Kier alpha value is -4.07. The maximum Gasteiger partial charge on any atom is 0.321 e. The van der Waals surface area contributed by atoms with E-state index in [-0.39, 0.29) is 36.7 Å². The molecule has 150 valence electrons. The van der Waals surface area contributed by atoms with E-state index in [4.69, 9.17) is 4.74 Å². The first kappa shape index (κ1) is 19.3. The number of hydrogen-bond acceptors (Lipinski definition) is 6. The zero-order valence-electron chi connectivity index (χ0n) is 16.2. The Labute approximate surface area is 172 Å². The maximum absolute atomic E-state index is 12.5. The molecule has 2 heterocycles. The Kier molecular flexibility index (Phi) is 5.21. The summed E-state index contributed by atoms with van der Waals surface area (Å²) in [6.45, 7) is 1.88. The minimum atomic E-state index is -0.368. The van der Waals surface area contributed by atoms with E-state index >= 15 is 0 Å². The Morgan fingerprint density at radius 2 is 1.70 bits per heavy atom. The average Bonchev–Trinajstić information content (AvgIpc) is 2.98. The molecule has 0 aliphatic carbocycles. The predicted molar refractivity (Wildman–Crippen MR) is 108 cm³/mol. The second kappa shape index (κ2) is 8.12. The van der Waals surface area contributed by atoms with Gasteiger partial charge in [0.05, 0.1) is 11.1 Å². The van der Waals surface area contributed by atoms with E-state index in [1.54, 1.807) is 60.9 Å². The number of nitrogens with zero attached hydrogens (tertiary/aromatic N) is 3. The predicted octanol–water partition coefficient (Wildman–Crippen LogP) is 3.20. The quantitative estimate of drug-likeness (QED) is 0.636. The summed E-state index contributed by atoms with van der Waals surface area (Å²) < 4.78 is 5.50. The molecule has 1 aliphatic rings. The van der Waals surface area contributed by atoms with Crippen molar-refractivity contribution in [1.82, 2.24) is 14.9 Å². The van der Waals surface area contributed by atoms with Crippen LogP contribution in [-0.4, -0.2) is 39.1 Å². The van der Waals surface area contributed by atoms with Crippen LogP contribution in [0, 0.1) is 6.92 Å². The molecule has 4 rings (SSSR count). The van der Waals surface area contributed by atoms with E-state index < -0.39 is 0 Å². The first-order chi connectivity index (χ1) is 14.5. The molecule has 0 fully saturated rings. The Morgan fingerprint density at radius 3 is 2.43 bits per heavy atom. The van der Waals surface area contributed by atoms with E-state index in [0.29, 0.717) is 22.6 Å². The summed E-state index contributed by atoms with van der Waals surface area (Å²) in [5.74, 6) is -0.508. The molecular formula is C22H18N4O4. The lowest BCUT2D eigenvalue weighted by atomic mass is 10.1. The Bertz CT molecular complexity index is 1110. The van der Waals surface area contributed by atoms with Crippen LogP contribution in [0.5, 0.6) is 11.8 Å². The zero-order valence-corrected chi connectivity index (χ0v) is 16.2. The van der Waals surface area contributed by atoms with E-state index in [1.807, 2.05) is 6.92 Å². The molecule has 1 aromatic heterocycles. The zero-order chi connectivity index (χ0) is 21.1. The topological polar surface area (TPSA) is 101 Å². The van der Waals surface area contributed by atoms with Gasteiger partial charge in [-0.25, -0.2) is 9.97 Å². The van der Waals surface area contributed by atoms with Crippen LogP contribution in [0.3, 0.4) is 0 Å². The third-order valence-electron chi connectivity index (χ3n) is 4.58. The fourth-order valence-corrected chi connectivity index (χ4v) is 3.09. The maximum atomic E-state index is 12.5. The molecule has 1 aliphatic heterocycles. The summed E-state index contributed by atoms with van der Waals surface area (Å²) >= 11 is 0. The lowest BCUT2D eigenvalue weighted by molar-refractivity contribution is -0.116. The van der Waals surface area contributed by atoms with Gasteiger partial charge in [-0.1, -0.05) is 11.6 Å². The number of aromatic nitrogens is 2. The number of imide groups is 1. The molecule has 0 spiro atoms. The summed E-state index contributed by atoms with van der Waals surface area (Å²) in [5.41, 5.74) is 2.24. The molecule has 0 atom stereocenters. The standard InChI is InChI=1S/C22H18N4O4/c1-14-3-8-17-18(13-14)21(29)26(20(17)28)12-9-19(27)25-15-4-6-16(7-5-15)30-22-23-10-2-11-24-22/h2-8,10-11,13H,9,12H2,1H3,(H,25,27). The molecule has 3 aromatic rings. The molecule has 0 radical (unpaired) electrons. The number of hydrogen-bond donors (Lipinski definition) is 1.